The summed E-state index contributed by atoms with van der Waals surface area (Å²) in [4.78, 5) is 22.4. The minimum absolute atomic E-state index is 0.00956. The predicted octanol–water partition coefficient (Wildman–Crippen LogP) is 2.34. The summed E-state index contributed by atoms with van der Waals surface area (Å²) in [6.45, 7) is 6.66. The van der Waals surface area contributed by atoms with Crippen molar-refractivity contribution in [3.05, 3.63) is 23.8 Å². The quantitative estimate of drug-likeness (QED) is 0.186. The van der Waals surface area contributed by atoms with Gasteiger partial charge in [-0.2, -0.15) is 0 Å². The smallest absolute Gasteiger partial charge is 0.302 e. The molecular formula is C41H60N6O6. The number of nitrogens with zero attached hydrogens (tertiary/aromatic N) is 3. The summed E-state index contributed by atoms with van der Waals surface area (Å²) in [5.41, 5.74) is 5.46. The summed E-state index contributed by atoms with van der Waals surface area (Å²) in [6.07, 6.45) is 7.42. The maximum atomic E-state index is 13.1. The van der Waals surface area contributed by atoms with E-state index in [1.807, 2.05) is 12.1 Å². The summed E-state index contributed by atoms with van der Waals surface area (Å²) in [5.74, 6) is 8.78. The Bertz CT molecular complexity index is 1600. The fourth-order valence-corrected chi connectivity index (χ4v) is 11.2. The van der Waals surface area contributed by atoms with E-state index in [4.69, 9.17) is 20.2 Å². The first-order valence-electron chi connectivity index (χ1n) is 20.4. The molecule has 0 radical (unpaired) electrons. The summed E-state index contributed by atoms with van der Waals surface area (Å²) >= 11 is 0. The lowest BCUT2D eigenvalue weighted by Gasteiger charge is -2.58. The molecule has 12 heteroatoms. The van der Waals surface area contributed by atoms with Crippen molar-refractivity contribution >= 4 is 11.9 Å². The first-order valence-corrected chi connectivity index (χ1v) is 20.4. The molecule has 8 aliphatic rings. The van der Waals surface area contributed by atoms with E-state index in [1.54, 1.807) is 6.07 Å². The van der Waals surface area contributed by atoms with Crippen LogP contribution in [0.5, 0.6) is 11.5 Å². The number of guanidine groups is 1. The summed E-state index contributed by atoms with van der Waals surface area (Å²) in [5, 5.41) is 42.8. The number of rotatable bonds is 1. The number of carbonyl (C=O) groups excluding carboxylic acids is 1. The van der Waals surface area contributed by atoms with Crippen molar-refractivity contribution in [1.82, 2.24) is 20.4 Å². The van der Waals surface area contributed by atoms with Crippen LogP contribution < -0.4 is 21.1 Å². The molecule has 2 unspecified atom stereocenters. The molecule has 4 fully saturated rings. The number of fused-ring (bicyclic) bond motifs is 9. The highest BCUT2D eigenvalue weighted by molar-refractivity contribution is 5.77. The highest BCUT2D eigenvalue weighted by Crippen LogP contribution is 2.48. The Labute approximate surface area is 314 Å². The molecule has 0 aromatic heterocycles. The van der Waals surface area contributed by atoms with Crippen molar-refractivity contribution < 1.29 is 29.6 Å². The number of nitrogens with two attached hydrogens (primary N) is 1. The molecule has 7 aliphatic heterocycles. The van der Waals surface area contributed by atoms with Gasteiger partial charge in [-0.1, -0.05) is 24.3 Å². The standard InChI is InChI=1S/C41H60N6O6/c1-26(48)52-37-19-32(49)8-12-40(23-44-39(42)45-25-46-20-28-15-30(22-46)35-9-13-41(40,51)24-47(35)21-28)11-7-29-3-2-4-31-18-33(10-14-43-31)53-38-17-27(16-34(29)37)5-6-36(38)50/h5-6,17,28-35,37,43,49-51H,2-4,8-10,12-16,18-25H2,1H3,(H3,42,44,45)/t28-,29+,30-,31-,32+,33-,34-,35-,37-,40+,41+/m1/s1. The minimum atomic E-state index is -1.14. The normalized spacial score (nSPS) is 42.8. The van der Waals surface area contributed by atoms with E-state index < -0.39 is 23.2 Å². The molecule has 1 aliphatic carbocycles. The molecule has 1 aromatic rings. The first-order chi connectivity index (χ1) is 25.5. The zero-order chi connectivity index (χ0) is 36.7. The second-order valence-corrected chi connectivity index (χ2v) is 17.6. The number of aliphatic hydroxyl groups is 2. The van der Waals surface area contributed by atoms with Gasteiger partial charge in [-0.05, 0) is 100 Å². The van der Waals surface area contributed by atoms with Crippen LogP contribution in [0.15, 0.2) is 23.2 Å². The Morgan fingerprint density at radius 3 is 2.87 bits per heavy atom. The molecule has 12 nitrogen and oxygen atoms in total. The fourth-order valence-electron chi connectivity index (χ4n) is 11.2. The highest BCUT2D eigenvalue weighted by atomic mass is 16.5. The second-order valence-electron chi connectivity index (χ2n) is 17.6. The van der Waals surface area contributed by atoms with Crippen LogP contribution in [0, 0.1) is 40.9 Å². The number of benzene rings is 1. The van der Waals surface area contributed by atoms with Gasteiger partial charge in [-0.3, -0.25) is 14.6 Å². The van der Waals surface area contributed by atoms with E-state index in [2.05, 4.69) is 32.3 Å². The molecule has 10 bridgehead atoms. The predicted molar refractivity (Wildman–Crippen MR) is 201 cm³/mol. The van der Waals surface area contributed by atoms with Gasteiger partial charge in [0.15, 0.2) is 17.5 Å². The average Bonchev–Trinajstić information content (AvgIpc) is 3.13. The monoisotopic (exact) mass is 732 g/mol. The van der Waals surface area contributed by atoms with Crippen LogP contribution in [-0.4, -0.2) is 119 Å². The van der Waals surface area contributed by atoms with E-state index in [0.29, 0.717) is 75.0 Å². The zero-order valence-electron chi connectivity index (χ0n) is 31.3. The van der Waals surface area contributed by atoms with E-state index in [9.17, 15) is 20.1 Å². The van der Waals surface area contributed by atoms with E-state index in [-0.39, 0.29) is 42.1 Å². The van der Waals surface area contributed by atoms with Crippen molar-refractivity contribution in [3.63, 3.8) is 0 Å². The first kappa shape index (κ1) is 36.9. The van der Waals surface area contributed by atoms with E-state index in [0.717, 1.165) is 70.3 Å². The third-order valence-corrected chi connectivity index (χ3v) is 13.9. The van der Waals surface area contributed by atoms with Gasteiger partial charge in [-0.15, -0.1) is 0 Å². The molecule has 9 rings (SSSR count). The Morgan fingerprint density at radius 1 is 1.11 bits per heavy atom. The third kappa shape index (κ3) is 7.88. The average molecular weight is 733 g/mol. The molecule has 1 aromatic carbocycles. The Hall–Kier alpha value is -3.08. The lowest BCUT2D eigenvalue weighted by atomic mass is 9.62. The number of nitrogens with one attached hydrogen (secondary N) is 2. The zero-order valence-corrected chi connectivity index (χ0v) is 31.3. The van der Waals surface area contributed by atoms with Gasteiger partial charge in [-0.25, -0.2) is 4.99 Å². The maximum Gasteiger partial charge on any atom is 0.302 e. The number of phenols is 1. The number of carbonyl (C=O) groups is 1. The number of aliphatic imine (C=N–C) groups is 1. The number of piperidine rings is 4. The Morgan fingerprint density at radius 2 is 2.00 bits per heavy atom. The van der Waals surface area contributed by atoms with Crippen LogP contribution in [0.4, 0.5) is 0 Å². The van der Waals surface area contributed by atoms with Gasteiger partial charge in [0.25, 0.3) is 0 Å². The number of ether oxygens (including phenoxy) is 2. The molecule has 7 heterocycles. The van der Waals surface area contributed by atoms with Gasteiger partial charge in [0.05, 0.1) is 23.8 Å². The number of aromatic hydroxyl groups is 1. The summed E-state index contributed by atoms with van der Waals surface area (Å²) in [6, 6.07) is 6.23. The Kier molecular flexibility index (Phi) is 10.6. The molecule has 0 amide bonds. The lowest BCUT2D eigenvalue weighted by molar-refractivity contribution is -0.153. The van der Waals surface area contributed by atoms with Gasteiger partial charge in [0.1, 0.15) is 12.2 Å². The van der Waals surface area contributed by atoms with E-state index in [1.165, 1.54) is 13.3 Å². The molecule has 4 saturated heterocycles. The van der Waals surface area contributed by atoms with Crippen molar-refractivity contribution in [2.45, 2.75) is 120 Å². The molecule has 290 valence electrons. The van der Waals surface area contributed by atoms with Gasteiger partial charge >= 0.3 is 5.97 Å². The Balaban J connectivity index is 1.22. The largest absolute Gasteiger partial charge is 0.504 e. The fraction of sp³-hybridized carbons (Fsp3) is 0.756. The number of phenolic OH excluding ortho intramolecular Hbond substituents is 1. The minimum Gasteiger partial charge on any atom is -0.504 e. The van der Waals surface area contributed by atoms with Crippen LogP contribution in [0.3, 0.4) is 0 Å². The second kappa shape index (κ2) is 15.2. The molecule has 53 heavy (non-hydrogen) atoms. The van der Waals surface area contributed by atoms with Crippen LogP contribution in [-0.2, 0) is 16.0 Å². The van der Waals surface area contributed by atoms with Crippen LogP contribution >= 0.6 is 0 Å². The number of hydrogen-bond donors (Lipinski definition) is 6. The molecule has 0 saturated carbocycles. The van der Waals surface area contributed by atoms with Crippen LogP contribution in [0.25, 0.3) is 0 Å². The van der Waals surface area contributed by atoms with Crippen molar-refractivity contribution in [2.24, 2.45) is 39.8 Å². The number of esters is 1. The maximum absolute atomic E-state index is 13.1. The van der Waals surface area contributed by atoms with Crippen LogP contribution in [0.1, 0.15) is 83.1 Å². The van der Waals surface area contributed by atoms with Crippen molar-refractivity contribution in [1.29, 1.82) is 0 Å². The topological polar surface area (TPSA) is 165 Å². The van der Waals surface area contributed by atoms with Gasteiger partial charge in [0.2, 0.25) is 0 Å². The van der Waals surface area contributed by atoms with Gasteiger partial charge < -0.3 is 41.2 Å². The lowest BCUT2D eigenvalue weighted by Crippen LogP contribution is -2.67. The summed E-state index contributed by atoms with van der Waals surface area (Å²) in [7, 11) is 0. The third-order valence-electron chi connectivity index (χ3n) is 13.9. The number of hydrogen-bond acceptors (Lipinski definition) is 12. The number of aliphatic hydroxyl groups excluding tert-OH is 1. The summed E-state index contributed by atoms with van der Waals surface area (Å²) < 4.78 is 12.5. The van der Waals surface area contributed by atoms with Crippen LogP contribution in [0.2, 0.25) is 0 Å². The molecular weight excluding hydrogens is 672 g/mol. The highest BCUT2D eigenvalue weighted by Gasteiger charge is 2.56. The van der Waals surface area contributed by atoms with Gasteiger partial charge in [0, 0.05) is 70.0 Å². The molecule has 13 atom stereocenters. The van der Waals surface area contributed by atoms with Crippen molar-refractivity contribution in [2.75, 3.05) is 45.9 Å². The van der Waals surface area contributed by atoms with Crippen molar-refractivity contribution in [3.8, 4) is 23.3 Å². The molecule has 1 spiro atoms. The van der Waals surface area contributed by atoms with E-state index >= 15 is 0 Å². The molecule has 7 N–H and O–H groups in total. The SMILES string of the molecule is CC(=O)O[C@@H]1C[C@@H](O)CC[C@@]2(C#C[C@@H]3CCC[C@@H]4C[C@@H](CCN4)Oc4cc(ccc4O)C[C@H]31)CNC(N)=NCN1C[C@H]3C[C@H](C1)[C@H]1CC[C@]2(O)CN1C3.